The summed E-state index contributed by atoms with van der Waals surface area (Å²) in [6.45, 7) is 10.8. The van der Waals surface area contributed by atoms with Crippen LogP contribution in [0.3, 0.4) is 0 Å². The Balaban J connectivity index is 2.68. The summed E-state index contributed by atoms with van der Waals surface area (Å²) in [7, 11) is 2.16. The molecule has 3 heteroatoms. The fourth-order valence-corrected chi connectivity index (χ4v) is 1.81. The van der Waals surface area contributed by atoms with Crippen LogP contribution in [-0.4, -0.2) is 24.6 Å². The molecule has 0 aliphatic carbocycles. The van der Waals surface area contributed by atoms with Crippen LogP contribution in [0.15, 0.2) is 18.5 Å². The standard InChI is InChI=1S/C15H27N3/c1-12(2)7-9-18(5)15-6-8-16-10-14(15)11-17-13(3)4/h6,8,10,12-13,17H,7,9,11H2,1-5H3. The van der Waals surface area contributed by atoms with E-state index in [1.54, 1.807) is 0 Å². The van der Waals surface area contributed by atoms with Gasteiger partial charge in [0.1, 0.15) is 0 Å². The SMILES string of the molecule is CC(C)CCN(C)c1ccncc1CNC(C)C. The lowest BCUT2D eigenvalue weighted by atomic mass is 10.1. The first-order valence-corrected chi connectivity index (χ1v) is 6.88. The van der Waals surface area contributed by atoms with Crippen molar-refractivity contribution in [1.82, 2.24) is 10.3 Å². The van der Waals surface area contributed by atoms with Crippen molar-refractivity contribution in [2.75, 3.05) is 18.5 Å². The van der Waals surface area contributed by atoms with Gasteiger partial charge in [-0.15, -0.1) is 0 Å². The van der Waals surface area contributed by atoms with Crippen molar-refractivity contribution in [1.29, 1.82) is 0 Å². The van der Waals surface area contributed by atoms with Crippen LogP contribution in [0.4, 0.5) is 5.69 Å². The maximum atomic E-state index is 4.23. The van der Waals surface area contributed by atoms with Crippen molar-refractivity contribution >= 4 is 5.69 Å². The molecule has 0 bridgehead atoms. The van der Waals surface area contributed by atoms with E-state index in [1.165, 1.54) is 17.7 Å². The van der Waals surface area contributed by atoms with Gasteiger partial charge in [-0.05, 0) is 18.4 Å². The van der Waals surface area contributed by atoms with Gasteiger partial charge in [-0.1, -0.05) is 27.7 Å². The van der Waals surface area contributed by atoms with Gasteiger partial charge in [0.25, 0.3) is 0 Å². The van der Waals surface area contributed by atoms with Gasteiger partial charge in [0.15, 0.2) is 0 Å². The van der Waals surface area contributed by atoms with E-state index in [4.69, 9.17) is 0 Å². The molecule has 0 atom stereocenters. The Morgan fingerprint density at radius 1 is 1.28 bits per heavy atom. The lowest BCUT2D eigenvalue weighted by Crippen LogP contribution is -2.25. The first kappa shape index (κ1) is 15.0. The molecule has 0 aromatic carbocycles. The first-order valence-electron chi connectivity index (χ1n) is 6.88. The molecule has 102 valence electrons. The molecule has 0 fully saturated rings. The van der Waals surface area contributed by atoms with E-state index in [9.17, 15) is 0 Å². The van der Waals surface area contributed by atoms with E-state index in [-0.39, 0.29) is 0 Å². The van der Waals surface area contributed by atoms with Crippen LogP contribution >= 0.6 is 0 Å². The molecule has 0 amide bonds. The average Bonchev–Trinajstić information content (AvgIpc) is 2.33. The Hall–Kier alpha value is -1.09. The quantitative estimate of drug-likeness (QED) is 0.805. The second-order valence-corrected chi connectivity index (χ2v) is 5.64. The fraction of sp³-hybridized carbons (Fsp3) is 0.667. The van der Waals surface area contributed by atoms with E-state index < -0.39 is 0 Å². The van der Waals surface area contributed by atoms with Crippen LogP contribution < -0.4 is 10.2 Å². The van der Waals surface area contributed by atoms with E-state index in [1.807, 2.05) is 12.4 Å². The smallest absolute Gasteiger partial charge is 0.0440 e. The number of anilines is 1. The Kier molecular flexibility index (Phi) is 6.13. The molecule has 0 spiro atoms. The minimum absolute atomic E-state index is 0.499. The average molecular weight is 249 g/mol. The molecular formula is C15H27N3. The summed E-state index contributed by atoms with van der Waals surface area (Å²) < 4.78 is 0. The van der Waals surface area contributed by atoms with Gasteiger partial charge in [0, 0.05) is 49.8 Å². The van der Waals surface area contributed by atoms with Crippen molar-refractivity contribution < 1.29 is 0 Å². The molecule has 0 radical (unpaired) electrons. The van der Waals surface area contributed by atoms with Crippen molar-refractivity contribution in [3.8, 4) is 0 Å². The second-order valence-electron chi connectivity index (χ2n) is 5.64. The molecule has 1 aromatic heterocycles. The largest absolute Gasteiger partial charge is 0.374 e. The van der Waals surface area contributed by atoms with Crippen LogP contribution in [0, 0.1) is 5.92 Å². The summed E-state index contributed by atoms with van der Waals surface area (Å²) in [4.78, 5) is 6.57. The summed E-state index contributed by atoms with van der Waals surface area (Å²) >= 11 is 0. The Morgan fingerprint density at radius 3 is 2.61 bits per heavy atom. The van der Waals surface area contributed by atoms with E-state index >= 15 is 0 Å². The minimum Gasteiger partial charge on any atom is -0.374 e. The van der Waals surface area contributed by atoms with Gasteiger partial charge in [-0.2, -0.15) is 0 Å². The van der Waals surface area contributed by atoms with Crippen molar-refractivity contribution in [2.45, 2.75) is 46.7 Å². The third kappa shape index (κ3) is 5.05. The van der Waals surface area contributed by atoms with Crippen LogP contribution in [0.2, 0.25) is 0 Å². The molecule has 1 aromatic rings. The molecule has 18 heavy (non-hydrogen) atoms. The Bertz CT molecular complexity index is 347. The lowest BCUT2D eigenvalue weighted by molar-refractivity contribution is 0.576. The predicted molar refractivity (Wildman–Crippen MR) is 78.9 cm³/mol. The zero-order chi connectivity index (χ0) is 13.5. The van der Waals surface area contributed by atoms with Gasteiger partial charge < -0.3 is 10.2 Å². The van der Waals surface area contributed by atoms with Crippen molar-refractivity contribution in [2.24, 2.45) is 5.92 Å². The fourth-order valence-electron chi connectivity index (χ4n) is 1.81. The Labute approximate surface area is 112 Å². The van der Waals surface area contributed by atoms with Crippen LogP contribution in [0.25, 0.3) is 0 Å². The zero-order valence-electron chi connectivity index (χ0n) is 12.4. The molecular weight excluding hydrogens is 222 g/mol. The molecule has 0 aliphatic rings. The number of rotatable bonds is 7. The van der Waals surface area contributed by atoms with Crippen molar-refractivity contribution in [3.05, 3.63) is 24.0 Å². The first-order chi connectivity index (χ1) is 8.50. The third-order valence-corrected chi connectivity index (χ3v) is 3.03. The molecule has 0 aliphatic heterocycles. The highest BCUT2D eigenvalue weighted by Crippen LogP contribution is 2.19. The number of hydrogen-bond donors (Lipinski definition) is 1. The van der Waals surface area contributed by atoms with Gasteiger partial charge in [-0.3, -0.25) is 4.98 Å². The molecule has 3 nitrogen and oxygen atoms in total. The summed E-state index contributed by atoms with van der Waals surface area (Å²) in [6.07, 6.45) is 5.06. The second kappa shape index (κ2) is 7.37. The van der Waals surface area contributed by atoms with Gasteiger partial charge in [-0.25, -0.2) is 0 Å². The highest BCUT2D eigenvalue weighted by Gasteiger charge is 2.08. The number of nitrogens with one attached hydrogen (secondary N) is 1. The van der Waals surface area contributed by atoms with Crippen LogP contribution in [0.5, 0.6) is 0 Å². The number of pyridine rings is 1. The third-order valence-electron chi connectivity index (χ3n) is 3.03. The molecule has 0 saturated carbocycles. The van der Waals surface area contributed by atoms with E-state index in [0.717, 1.165) is 19.0 Å². The maximum Gasteiger partial charge on any atom is 0.0440 e. The summed E-state index contributed by atoms with van der Waals surface area (Å²) in [5, 5.41) is 3.46. The van der Waals surface area contributed by atoms with Gasteiger partial charge >= 0.3 is 0 Å². The number of hydrogen-bond acceptors (Lipinski definition) is 3. The predicted octanol–water partition coefficient (Wildman–Crippen LogP) is 3.06. The topological polar surface area (TPSA) is 28.2 Å². The highest BCUT2D eigenvalue weighted by atomic mass is 15.1. The molecule has 0 saturated heterocycles. The highest BCUT2D eigenvalue weighted by molar-refractivity contribution is 5.51. The molecule has 1 N–H and O–H groups in total. The Morgan fingerprint density at radius 2 is 2.00 bits per heavy atom. The van der Waals surface area contributed by atoms with Gasteiger partial charge in [0.05, 0.1) is 0 Å². The van der Waals surface area contributed by atoms with Gasteiger partial charge in [0.2, 0.25) is 0 Å². The number of nitrogens with zero attached hydrogens (tertiary/aromatic N) is 2. The van der Waals surface area contributed by atoms with Crippen molar-refractivity contribution in [3.63, 3.8) is 0 Å². The molecule has 1 rings (SSSR count). The minimum atomic E-state index is 0.499. The number of aromatic nitrogens is 1. The summed E-state index contributed by atoms with van der Waals surface area (Å²) in [5.74, 6) is 0.742. The monoisotopic (exact) mass is 249 g/mol. The van der Waals surface area contributed by atoms with E-state index in [0.29, 0.717) is 6.04 Å². The maximum absolute atomic E-state index is 4.23. The van der Waals surface area contributed by atoms with E-state index in [2.05, 4.69) is 56.0 Å². The molecule has 0 unspecified atom stereocenters. The normalized spacial score (nSPS) is 11.3. The zero-order valence-corrected chi connectivity index (χ0v) is 12.4. The van der Waals surface area contributed by atoms with Crippen LogP contribution in [0.1, 0.15) is 39.7 Å². The lowest BCUT2D eigenvalue weighted by Gasteiger charge is -2.23. The van der Waals surface area contributed by atoms with Crippen LogP contribution in [-0.2, 0) is 6.54 Å². The summed E-state index contributed by atoms with van der Waals surface area (Å²) in [5.41, 5.74) is 2.57. The summed E-state index contributed by atoms with van der Waals surface area (Å²) in [6, 6.07) is 2.61. The molecule has 1 heterocycles.